The summed E-state index contributed by atoms with van der Waals surface area (Å²) in [7, 11) is 0. The number of carbonyl (C=O) groups excluding carboxylic acids is 1. The second kappa shape index (κ2) is 4.84. The van der Waals surface area contributed by atoms with Gasteiger partial charge in [-0.3, -0.25) is 0 Å². The van der Waals surface area contributed by atoms with E-state index in [1.165, 1.54) is 6.07 Å². The van der Waals surface area contributed by atoms with Crippen LogP contribution in [0.1, 0.15) is 24.2 Å². The van der Waals surface area contributed by atoms with Crippen molar-refractivity contribution < 1.29 is 29.6 Å². The van der Waals surface area contributed by atoms with Gasteiger partial charge >= 0.3 is 5.97 Å². The molecule has 0 aromatic heterocycles. The molecule has 0 atom stereocenters. The highest BCUT2D eigenvalue weighted by Gasteiger charge is 2.33. The summed E-state index contributed by atoms with van der Waals surface area (Å²) in [4.78, 5) is 11.8. The Labute approximate surface area is 125 Å². The smallest absolute Gasteiger partial charge is 0.348 e. The van der Waals surface area contributed by atoms with Crippen LogP contribution < -0.4 is 9.47 Å². The average Bonchev–Trinajstić information content (AvgIpc) is 2.76. The predicted molar refractivity (Wildman–Crippen MR) is 78.8 cm³/mol. The van der Waals surface area contributed by atoms with E-state index in [-0.39, 0.29) is 51.7 Å². The number of hydrogen-bond donors (Lipinski definition) is 3. The first-order valence-corrected chi connectivity index (χ1v) is 6.63. The molecular formula is C16H14O6. The third-order valence-electron chi connectivity index (χ3n) is 3.39. The molecule has 0 spiro atoms. The molecule has 0 radical (unpaired) electrons. The maximum atomic E-state index is 11.8. The molecule has 0 bridgehead atoms. The van der Waals surface area contributed by atoms with Crippen LogP contribution >= 0.6 is 0 Å². The molecular weight excluding hydrogens is 288 g/mol. The predicted octanol–water partition coefficient (Wildman–Crippen LogP) is 2.83. The van der Waals surface area contributed by atoms with Crippen molar-refractivity contribution in [3.05, 3.63) is 29.3 Å². The minimum absolute atomic E-state index is 0.0873. The van der Waals surface area contributed by atoms with Crippen LogP contribution in [0, 0.1) is 0 Å². The zero-order chi connectivity index (χ0) is 16.0. The van der Waals surface area contributed by atoms with Gasteiger partial charge in [-0.05, 0) is 19.9 Å². The molecule has 6 heteroatoms. The number of allylic oxidation sites excluding steroid dienone is 1. The zero-order valence-corrected chi connectivity index (χ0v) is 12.0. The highest BCUT2D eigenvalue weighted by Crippen LogP contribution is 2.51. The fourth-order valence-corrected chi connectivity index (χ4v) is 2.39. The lowest BCUT2D eigenvalue weighted by molar-refractivity contribution is 0.0747. The summed E-state index contributed by atoms with van der Waals surface area (Å²) >= 11 is 0. The molecule has 2 aromatic rings. The topological polar surface area (TPSA) is 96.2 Å². The molecule has 0 fully saturated rings. The summed E-state index contributed by atoms with van der Waals surface area (Å²) in [5, 5.41) is 30.3. The quantitative estimate of drug-likeness (QED) is 0.458. The van der Waals surface area contributed by atoms with Gasteiger partial charge in [0.2, 0.25) is 0 Å². The van der Waals surface area contributed by atoms with Crippen LogP contribution in [0.2, 0.25) is 0 Å². The molecule has 3 N–H and O–H groups in total. The zero-order valence-electron chi connectivity index (χ0n) is 12.0. The van der Waals surface area contributed by atoms with Crippen molar-refractivity contribution in [2.45, 2.75) is 13.8 Å². The lowest BCUT2D eigenvalue weighted by Crippen LogP contribution is -2.01. The number of rotatable bonds is 3. The molecule has 1 aliphatic heterocycles. The fourth-order valence-electron chi connectivity index (χ4n) is 2.39. The van der Waals surface area contributed by atoms with Crippen LogP contribution in [0.25, 0.3) is 10.8 Å². The first-order chi connectivity index (χ1) is 10.4. The van der Waals surface area contributed by atoms with E-state index < -0.39 is 5.97 Å². The van der Waals surface area contributed by atoms with Crippen LogP contribution in [0.15, 0.2) is 23.8 Å². The van der Waals surface area contributed by atoms with Gasteiger partial charge in [0.1, 0.15) is 29.4 Å². The minimum atomic E-state index is -0.783. The average molecular weight is 302 g/mol. The van der Waals surface area contributed by atoms with Gasteiger partial charge in [0.25, 0.3) is 0 Å². The number of phenolic OH excluding ortho intramolecular Hbond substituents is 3. The Balaban J connectivity index is 2.26. The van der Waals surface area contributed by atoms with E-state index in [1.54, 1.807) is 0 Å². The number of benzene rings is 2. The van der Waals surface area contributed by atoms with Gasteiger partial charge in [-0.25, -0.2) is 4.79 Å². The molecule has 6 nitrogen and oxygen atoms in total. The SMILES string of the molecule is CC(C)=CCOc1cc(O)c2c3c(c(O)cc(O)c13)OC2=O. The van der Waals surface area contributed by atoms with E-state index in [1.807, 2.05) is 19.9 Å². The standard InChI is InChI=1S/C16H14O6/c1-7(2)3-4-21-11-6-9(18)13-14-12(11)8(17)5-10(19)15(14)22-16(13)20/h3,5-6,17-19H,4H2,1-2H3. The fraction of sp³-hybridized carbons (Fsp3) is 0.188. The van der Waals surface area contributed by atoms with Crippen molar-refractivity contribution in [2.75, 3.05) is 6.61 Å². The molecule has 3 rings (SSSR count). The number of carbonyl (C=O) groups is 1. The highest BCUT2D eigenvalue weighted by molar-refractivity contribution is 6.18. The largest absolute Gasteiger partial charge is 0.507 e. The second-order valence-corrected chi connectivity index (χ2v) is 5.24. The van der Waals surface area contributed by atoms with Crippen LogP contribution in [-0.2, 0) is 0 Å². The molecule has 1 aliphatic rings. The summed E-state index contributed by atoms with van der Waals surface area (Å²) in [6.45, 7) is 4.06. The number of aromatic hydroxyl groups is 3. The maximum absolute atomic E-state index is 11.8. The van der Waals surface area contributed by atoms with Gasteiger partial charge in [-0.2, -0.15) is 0 Å². The Morgan fingerprint density at radius 1 is 1.14 bits per heavy atom. The van der Waals surface area contributed by atoms with E-state index in [0.717, 1.165) is 11.6 Å². The van der Waals surface area contributed by atoms with Crippen LogP contribution in [0.5, 0.6) is 28.7 Å². The number of hydrogen-bond acceptors (Lipinski definition) is 6. The van der Waals surface area contributed by atoms with Crippen LogP contribution in [0.4, 0.5) is 0 Å². The van der Waals surface area contributed by atoms with E-state index in [2.05, 4.69) is 0 Å². The first kappa shape index (κ1) is 14.1. The van der Waals surface area contributed by atoms with Crippen LogP contribution in [0.3, 0.4) is 0 Å². The minimum Gasteiger partial charge on any atom is -0.507 e. The highest BCUT2D eigenvalue weighted by atomic mass is 16.5. The summed E-state index contributed by atoms with van der Waals surface area (Å²) in [5.74, 6) is -1.63. The summed E-state index contributed by atoms with van der Waals surface area (Å²) in [6, 6.07) is 2.33. The Morgan fingerprint density at radius 3 is 2.55 bits per heavy atom. The van der Waals surface area contributed by atoms with Crippen molar-refractivity contribution in [3.8, 4) is 28.7 Å². The molecule has 2 aromatic carbocycles. The van der Waals surface area contributed by atoms with Gasteiger partial charge in [0.05, 0.1) is 10.8 Å². The normalized spacial score (nSPS) is 12.4. The van der Waals surface area contributed by atoms with E-state index in [4.69, 9.17) is 9.47 Å². The van der Waals surface area contributed by atoms with Gasteiger partial charge in [-0.15, -0.1) is 0 Å². The Morgan fingerprint density at radius 2 is 1.86 bits per heavy atom. The van der Waals surface area contributed by atoms with E-state index >= 15 is 0 Å². The third kappa shape index (κ3) is 2.00. The van der Waals surface area contributed by atoms with Gasteiger partial charge in [0.15, 0.2) is 11.5 Å². The van der Waals surface area contributed by atoms with Crippen molar-refractivity contribution >= 4 is 16.7 Å². The molecule has 0 unspecified atom stereocenters. The Kier molecular flexibility index (Phi) is 3.09. The first-order valence-electron chi connectivity index (χ1n) is 6.63. The molecule has 0 saturated carbocycles. The second-order valence-electron chi connectivity index (χ2n) is 5.24. The number of phenols is 3. The summed E-state index contributed by atoms with van der Waals surface area (Å²) in [6.07, 6.45) is 1.83. The van der Waals surface area contributed by atoms with E-state index in [9.17, 15) is 20.1 Å². The van der Waals surface area contributed by atoms with E-state index in [0.29, 0.717) is 0 Å². The third-order valence-corrected chi connectivity index (χ3v) is 3.39. The van der Waals surface area contributed by atoms with Crippen molar-refractivity contribution in [1.82, 2.24) is 0 Å². The van der Waals surface area contributed by atoms with Gasteiger partial charge in [-0.1, -0.05) is 5.57 Å². The maximum Gasteiger partial charge on any atom is 0.348 e. The van der Waals surface area contributed by atoms with Crippen molar-refractivity contribution in [3.63, 3.8) is 0 Å². The van der Waals surface area contributed by atoms with Gasteiger partial charge in [0, 0.05) is 12.1 Å². The molecule has 22 heavy (non-hydrogen) atoms. The Bertz CT molecular complexity index is 831. The Hall–Kier alpha value is -2.89. The lowest BCUT2D eigenvalue weighted by Gasteiger charge is -2.11. The van der Waals surface area contributed by atoms with Crippen LogP contribution in [-0.4, -0.2) is 27.9 Å². The van der Waals surface area contributed by atoms with Gasteiger partial charge < -0.3 is 24.8 Å². The molecule has 0 aliphatic carbocycles. The molecule has 0 saturated heterocycles. The molecule has 0 amide bonds. The number of esters is 1. The molecule has 1 heterocycles. The number of ether oxygens (including phenoxy) is 2. The monoisotopic (exact) mass is 302 g/mol. The summed E-state index contributed by atoms with van der Waals surface area (Å²) in [5.41, 5.74) is 0.960. The van der Waals surface area contributed by atoms with Crippen molar-refractivity contribution in [1.29, 1.82) is 0 Å². The summed E-state index contributed by atoms with van der Waals surface area (Å²) < 4.78 is 10.5. The molecule has 114 valence electrons. The van der Waals surface area contributed by atoms with Crippen molar-refractivity contribution in [2.24, 2.45) is 0 Å². The lowest BCUT2D eigenvalue weighted by atomic mass is 10.0.